The number of nitrogen functional groups attached to an aromatic ring is 1. The van der Waals surface area contributed by atoms with E-state index in [9.17, 15) is 4.79 Å². The molecule has 180 valence electrons. The molecule has 1 amide bonds. The number of thioether (sulfide) groups is 1. The number of aryl methyl sites for hydroxylation is 1. The Bertz CT molecular complexity index is 1120. The summed E-state index contributed by atoms with van der Waals surface area (Å²) < 4.78 is 7.40. The molecule has 2 aromatic carbocycles. The fourth-order valence-corrected chi connectivity index (χ4v) is 4.62. The normalized spacial score (nSPS) is 13.5. The van der Waals surface area contributed by atoms with Gasteiger partial charge in [0.15, 0.2) is 5.82 Å². The van der Waals surface area contributed by atoms with Gasteiger partial charge in [0.2, 0.25) is 11.1 Å². The molecule has 1 aliphatic heterocycles. The molecule has 4 rings (SSSR count). The van der Waals surface area contributed by atoms with E-state index in [0.717, 1.165) is 35.7 Å². The summed E-state index contributed by atoms with van der Waals surface area (Å²) in [5.74, 6) is 7.88. The van der Waals surface area contributed by atoms with Crippen LogP contribution in [0.2, 0.25) is 0 Å². The minimum Gasteiger partial charge on any atom is -0.485 e. The molecular weight excluding hydrogens is 448 g/mol. The quantitative estimate of drug-likeness (QED) is 0.347. The Kier molecular flexibility index (Phi) is 7.62. The molecular formula is C25H32N6O2S. The summed E-state index contributed by atoms with van der Waals surface area (Å²) in [6.45, 7) is 8.68. The average molecular weight is 481 g/mol. The summed E-state index contributed by atoms with van der Waals surface area (Å²) in [4.78, 5) is 14.8. The topological polar surface area (TPSA) is 98.3 Å². The second-order valence-corrected chi connectivity index (χ2v) is 9.77. The second kappa shape index (κ2) is 10.8. The van der Waals surface area contributed by atoms with Crippen molar-refractivity contribution in [3.8, 4) is 5.75 Å². The van der Waals surface area contributed by atoms with E-state index in [2.05, 4.69) is 58.5 Å². The maximum atomic E-state index is 12.4. The molecule has 0 unspecified atom stereocenters. The molecule has 0 aliphatic carbocycles. The lowest BCUT2D eigenvalue weighted by molar-refractivity contribution is -0.113. The molecule has 9 heteroatoms. The summed E-state index contributed by atoms with van der Waals surface area (Å²) in [6.07, 6.45) is 2.47. The van der Waals surface area contributed by atoms with Crippen LogP contribution in [-0.2, 0) is 11.4 Å². The van der Waals surface area contributed by atoms with Crippen LogP contribution in [0.1, 0.15) is 49.6 Å². The van der Waals surface area contributed by atoms with Gasteiger partial charge in [-0.25, -0.2) is 4.68 Å². The van der Waals surface area contributed by atoms with Crippen molar-refractivity contribution in [3.63, 3.8) is 0 Å². The fraction of sp³-hybridized carbons (Fsp3) is 0.400. The Morgan fingerprint density at radius 2 is 1.88 bits per heavy atom. The maximum Gasteiger partial charge on any atom is 0.234 e. The first-order valence-corrected chi connectivity index (χ1v) is 12.6. The molecule has 0 bridgehead atoms. The number of rotatable bonds is 9. The Labute approximate surface area is 204 Å². The van der Waals surface area contributed by atoms with E-state index in [1.165, 1.54) is 35.0 Å². The van der Waals surface area contributed by atoms with E-state index < -0.39 is 0 Å². The lowest BCUT2D eigenvalue weighted by Crippen LogP contribution is -2.19. The van der Waals surface area contributed by atoms with Crippen LogP contribution in [0.25, 0.3) is 0 Å². The predicted octanol–water partition coefficient (Wildman–Crippen LogP) is 4.33. The van der Waals surface area contributed by atoms with Gasteiger partial charge in [-0.15, -0.1) is 10.2 Å². The Hall–Kier alpha value is -3.20. The molecule has 1 saturated heterocycles. The molecule has 3 aromatic rings. The zero-order valence-corrected chi connectivity index (χ0v) is 20.8. The smallest absolute Gasteiger partial charge is 0.234 e. The number of amides is 1. The number of ether oxygens (including phenoxy) is 1. The van der Waals surface area contributed by atoms with Crippen molar-refractivity contribution in [2.75, 3.05) is 34.9 Å². The summed E-state index contributed by atoms with van der Waals surface area (Å²) in [6, 6.07) is 14.2. The summed E-state index contributed by atoms with van der Waals surface area (Å²) in [5.41, 5.74) is 4.23. The van der Waals surface area contributed by atoms with Gasteiger partial charge in [-0.05, 0) is 67.1 Å². The highest BCUT2D eigenvalue weighted by Gasteiger charge is 2.15. The molecule has 0 spiro atoms. The van der Waals surface area contributed by atoms with Crippen LogP contribution >= 0.6 is 11.8 Å². The van der Waals surface area contributed by atoms with Crippen LogP contribution in [0.4, 0.5) is 11.4 Å². The van der Waals surface area contributed by atoms with Crippen LogP contribution in [0, 0.1) is 6.92 Å². The van der Waals surface area contributed by atoms with Crippen molar-refractivity contribution < 1.29 is 9.53 Å². The first-order valence-electron chi connectivity index (χ1n) is 11.6. The maximum absolute atomic E-state index is 12.4. The van der Waals surface area contributed by atoms with Crippen molar-refractivity contribution >= 4 is 29.0 Å². The van der Waals surface area contributed by atoms with Gasteiger partial charge in [-0.1, -0.05) is 37.7 Å². The fourth-order valence-electron chi connectivity index (χ4n) is 3.95. The van der Waals surface area contributed by atoms with Crippen LogP contribution < -0.4 is 20.8 Å². The van der Waals surface area contributed by atoms with E-state index in [-0.39, 0.29) is 18.3 Å². The molecule has 34 heavy (non-hydrogen) atoms. The highest BCUT2D eigenvalue weighted by atomic mass is 32.2. The Morgan fingerprint density at radius 1 is 1.15 bits per heavy atom. The van der Waals surface area contributed by atoms with Crippen molar-refractivity contribution in [2.24, 2.45) is 0 Å². The summed E-state index contributed by atoms with van der Waals surface area (Å²) in [7, 11) is 0. The highest BCUT2D eigenvalue weighted by Crippen LogP contribution is 2.28. The van der Waals surface area contributed by atoms with Crippen molar-refractivity contribution in [2.45, 2.75) is 51.3 Å². The number of carbonyl (C=O) groups is 1. The van der Waals surface area contributed by atoms with Crippen molar-refractivity contribution in [1.29, 1.82) is 0 Å². The van der Waals surface area contributed by atoms with E-state index >= 15 is 0 Å². The van der Waals surface area contributed by atoms with Gasteiger partial charge < -0.3 is 20.8 Å². The summed E-state index contributed by atoms with van der Waals surface area (Å²) in [5, 5.41) is 11.7. The third-order valence-electron chi connectivity index (χ3n) is 5.84. The molecule has 1 fully saturated rings. The number of hydrogen-bond donors (Lipinski definition) is 2. The molecule has 2 heterocycles. The third kappa shape index (κ3) is 5.83. The van der Waals surface area contributed by atoms with Gasteiger partial charge in [0.25, 0.3) is 0 Å². The summed E-state index contributed by atoms with van der Waals surface area (Å²) >= 11 is 1.24. The van der Waals surface area contributed by atoms with E-state index in [4.69, 9.17) is 10.6 Å². The lowest BCUT2D eigenvalue weighted by Gasteiger charge is -2.17. The number of nitrogens with two attached hydrogens (primary N) is 1. The minimum absolute atomic E-state index is 0.124. The number of anilines is 2. The standard InChI is InChI=1S/C25H32N6O2S/c1-17(2)21-11-6-18(3)14-22(21)33-15-23-28-29-25(31(23)26)34-16-24(32)27-19-7-9-20(10-8-19)30-12-4-5-13-30/h6-11,14,17H,4-5,12-13,15-16,26H2,1-3H3,(H,27,32). The van der Waals surface area contributed by atoms with Crippen LogP contribution in [-0.4, -0.2) is 39.6 Å². The molecule has 1 aromatic heterocycles. The van der Waals surface area contributed by atoms with E-state index in [0.29, 0.717) is 16.9 Å². The molecule has 0 radical (unpaired) electrons. The van der Waals surface area contributed by atoms with Crippen LogP contribution in [0.3, 0.4) is 0 Å². The number of nitrogens with zero attached hydrogens (tertiary/aromatic N) is 4. The Balaban J connectivity index is 1.29. The third-order valence-corrected chi connectivity index (χ3v) is 6.78. The van der Waals surface area contributed by atoms with Crippen LogP contribution in [0.15, 0.2) is 47.6 Å². The van der Waals surface area contributed by atoms with Gasteiger partial charge in [0.1, 0.15) is 12.4 Å². The van der Waals surface area contributed by atoms with Gasteiger partial charge in [0, 0.05) is 24.5 Å². The van der Waals surface area contributed by atoms with E-state index in [1.807, 2.05) is 25.1 Å². The zero-order valence-electron chi connectivity index (χ0n) is 20.0. The second-order valence-electron chi connectivity index (χ2n) is 8.83. The Morgan fingerprint density at radius 3 is 2.59 bits per heavy atom. The van der Waals surface area contributed by atoms with Crippen molar-refractivity contribution in [1.82, 2.24) is 14.9 Å². The number of hydrogen-bond acceptors (Lipinski definition) is 7. The monoisotopic (exact) mass is 480 g/mol. The number of benzene rings is 2. The van der Waals surface area contributed by atoms with Gasteiger partial charge in [-0.2, -0.15) is 0 Å². The predicted molar refractivity (Wildman–Crippen MR) is 137 cm³/mol. The average Bonchev–Trinajstić information content (AvgIpc) is 3.47. The number of nitrogens with one attached hydrogen (secondary N) is 1. The minimum atomic E-state index is -0.124. The number of carbonyl (C=O) groups excluding carboxylic acids is 1. The van der Waals surface area contributed by atoms with Gasteiger partial charge >= 0.3 is 0 Å². The molecule has 1 aliphatic rings. The molecule has 0 atom stereocenters. The van der Waals surface area contributed by atoms with Gasteiger partial charge in [0.05, 0.1) is 5.75 Å². The largest absolute Gasteiger partial charge is 0.485 e. The highest BCUT2D eigenvalue weighted by molar-refractivity contribution is 7.99. The SMILES string of the molecule is Cc1ccc(C(C)C)c(OCc2nnc(SCC(=O)Nc3ccc(N4CCCC4)cc3)n2N)c1. The van der Waals surface area contributed by atoms with E-state index in [1.54, 1.807) is 0 Å². The first-order chi connectivity index (χ1) is 16.4. The molecule has 3 N–H and O–H groups in total. The molecule has 8 nitrogen and oxygen atoms in total. The van der Waals surface area contributed by atoms with Crippen LogP contribution in [0.5, 0.6) is 5.75 Å². The first kappa shape index (κ1) is 23.9. The van der Waals surface area contributed by atoms with Crippen molar-refractivity contribution in [3.05, 3.63) is 59.4 Å². The zero-order chi connectivity index (χ0) is 24.1. The number of aromatic nitrogens is 3. The molecule has 0 saturated carbocycles. The van der Waals surface area contributed by atoms with Gasteiger partial charge in [-0.3, -0.25) is 4.79 Å². The lowest BCUT2D eigenvalue weighted by atomic mass is 10.0.